The minimum Gasteiger partial charge on any atom is -0.480 e. The lowest BCUT2D eigenvalue weighted by Crippen LogP contribution is -2.28. The molecule has 1 unspecified atom stereocenters. The van der Waals surface area contributed by atoms with Crippen LogP contribution in [-0.2, 0) is 19.1 Å². The van der Waals surface area contributed by atoms with E-state index in [1.807, 2.05) is 0 Å². The lowest BCUT2D eigenvalue weighted by Gasteiger charge is -2.18. The number of carbonyl (C=O) groups excluding carboxylic acids is 2. The van der Waals surface area contributed by atoms with Gasteiger partial charge in [0.05, 0.1) is 0 Å². The monoisotopic (exact) mass is 758 g/mol. The van der Waals surface area contributed by atoms with Gasteiger partial charge in [-0.15, -0.1) is 0 Å². The minimum atomic E-state index is -1.02. The van der Waals surface area contributed by atoms with E-state index >= 15 is 0 Å². The van der Waals surface area contributed by atoms with E-state index in [0.29, 0.717) is 12.8 Å². The number of carbonyl (C=O) groups is 3. The molecule has 0 heterocycles. The Hall–Kier alpha value is -2.37. The highest BCUT2D eigenvalue weighted by Gasteiger charge is 2.14. The molecule has 0 spiro atoms. The highest BCUT2D eigenvalue weighted by molar-refractivity contribution is 5.80. The lowest BCUT2D eigenvalue weighted by atomic mass is 10.0. The average Bonchev–Trinajstić information content (AvgIpc) is 3.16. The van der Waals surface area contributed by atoms with E-state index in [2.05, 4.69) is 55.6 Å². The summed E-state index contributed by atoms with van der Waals surface area (Å²) in [5.74, 6) is -1.23. The maximum atomic E-state index is 12.8. The van der Waals surface area contributed by atoms with E-state index in [1.165, 1.54) is 128 Å². The van der Waals surface area contributed by atoms with Crippen molar-refractivity contribution in [3.63, 3.8) is 0 Å². The van der Waals surface area contributed by atoms with Crippen molar-refractivity contribution < 1.29 is 24.2 Å². The number of amides is 1. The molecule has 0 bridgehead atoms. The predicted molar refractivity (Wildman–Crippen MR) is 231 cm³/mol. The number of ether oxygens (including phenoxy) is 1. The molecule has 1 amide bonds. The van der Waals surface area contributed by atoms with E-state index < -0.39 is 5.97 Å². The molecule has 6 heteroatoms. The van der Waals surface area contributed by atoms with Gasteiger partial charge in [-0.05, 0) is 70.6 Å². The number of unbranched alkanes of at least 4 members (excludes halogenated alkanes) is 25. The summed E-state index contributed by atoms with van der Waals surface area (Å²) in [6.45, 7) is 4.13. The van der Waals surface area contributed by atoms with Crippen LogP contribution in [0.1, 0.15) is 239 Å². The fraction of sp³-hybridized carbons (Fsp3) is 0.812. The third-order valence-electron chi connectivity index (χ3n) is 10.3. The molecule has 0 radical (unpaired) electrons. The predicted octanol–water partition coefficient (Wildman–Crippen LogP) is 14.5. The van der Waals surface area contributed by atoms with Crippen molar-refractivity contribution >= 4 is 17.8 Å². The summed E-state index contributed by atoms with van der Waals surface area (Å²) >= 11 is 0. The molecule has 0 rings (SSSR count). The van der Waals surface area contributed by atoms with Crippen molar-refractivity contribution in [1.29, 1.82) is 0 Å². The first kappa shape index (κ1) is 51.6. The Morgan fingerprint density at radius 3 is 1.39 bits per heavy atom. The molecule has 0 aliphatic heterocycles. The number of allylic oxidation sites excluding steroid dienone is 6. The van der Waals surface area contributed by atoms with Crippen LogP contribution >= 0.6 is 0 Å². The number of carboxylic acids is 1. The van der Waals surface area contributed by atoms with Crippen LogP contribution in [-0.4, -0.2) is 35.6 Å². The van der Waals surface area contributed by atoms with E-state index in [0.717, 1.165) is 83.5 Å². The fourth-order valence-corrected chi connectivity index (χ4v) is 6.94. The first-order chi connectivity index (χ1) is 26.5. The summed E-state index contributed by atoms with van der Waals surface area (Å²) < 4.78 is 6.05. The number of hydrogen-bond donors (Lipinski definition) is 2. The van der Waals surface area contributed by atoms with Crippen molar-refractivity contribution in [2.75, 3.05) is 6.54 Å². The maximum Gasteiger partial charge on any atom is 0.322 e. The zero-order chi connectivity index (χ0) is 39.4. The second-order valence-corrected chi connectivity index (χ2v) is 15.6. The van der Waals surface area contributed by atoms with Crippen molar-refractivity contribution in [3.05, 3.63) is 36.5 Å². The Morgan fingerprint density at radius 1 is 0.500 bits per heavy atom. The Labute approximate surface area is 334 Å². The molecule has 314 valence electrons. The van der Waals surface area contributed by atoms with Crippen LogP contribution in [0.5, 0.6) is 0 Å². The Bertz CT molecular complexity index is 926. The van der Waals surface area contributed by atoms with Crippen LogP contribution in [0.25, 0.3) is 0 Å². The van der Waals surface area contributed by atoms with Gasteiger partial charge in [0.1, 0.15) is 12.6 Å². The molecule has 0 aliphatic rings. The van der Waals surface area contributed by atoms with Gasteiger partial charge in [-0.25, -0.2) is 0 Å². The molecule has 0 saturated carbocycles. The lowest BCUT2D eigenvalue weighted by molar-refractivity contribution is -0.150. The third-order valence-corrected chi connectivity index (χ3v) is 10.3. The molecule has 0 aliphatic carbocycles. The highest BCUT2D eigenvalue weighted by Crippen LogP contribution is 2.19. The third kappa shape index (κ3) is 42.4. The minimum absolute atomic E-state index is 0.0209. The molecular weight excluding hydrogens is 671 g/mol. The first-order valence-corrected chi connectivity index (χ1v) is 23.1. The van der Waals surface area contributed by atoms with E-state index in [1.54, 1.807) is 0 Å². The molecule has 2 N–H and O–H groups in total. The number of nitrogens with one attached hydrogen (secondary N) is 1. The second-order valence-electron chi connectivity index (χ2n) is 15.6. The average molecular weight is 758 g/mol. The Morgan fingerprint density at radius 2 is 0.907 bits per heavy atom. The van der Waals surface area contributed by atoms with Gasteiger partial charge in [-0.2, -0.15) is 0 Å². The van der Waals surface area contributed by atoms with Crippen molar-refractivity contribution in [3.8, 4) is 0 Å². The zero-order valence-electron chi connectivity index (χ0n) is 35.6. The molecule has 54 heavy (non-hydrogen) atoms. The fourth-order valence-electron chi connectivity index (χ4n) is 6.94. The van der Waals surface area contributed by atoms with Crippen molar-refractivity contribution in [1.82, 2.24) is 5.32 Å². The van der Waals surface area contributed by atoms with Gasteiger partial charge in [0.15, 0.2) is 0 Å². The quantitative estimate of drug-likeness (QED) is 0.0367. The highest BCUT2D eigenvalue weighted by atomic mass is 16.5. The molecule has 0 aromatic carbocycles. The number of aliphatic carboxylic acids is 1. The van der Waals surface area contributed by atoms with E-state index in [-0.39, 0.29) is 24.5 Å². The van der Waals surface area contributed by atoms with Gasteiger partial charge >= 0.3 is 11.9 Å². The van der Waals surface area contributed by atoms with Crippen LogP contribution in [0.2, 0.25) is 0 Å². The SMILES string of the molecule is CC/C=C\C/C=C\C/C=C\CCCCCCCCCC(=O)OC(CCCCCCCCCCCCCCCCC)CCCCCCCC(=O)NCC(=O)O. The van der Waals surface area contributed by atoms with Crippen LogP contribution in [0.15, 0.2) is 36.5 Å². The van der Waals surface area contributed by atoms with Gasteiger partial charge in [-0.3, -0.25) is 14.4 Å². The normalized spacial score (nSPS) is 12.3. The van der Waals surface area contributed by atoms with Crippen LogP contribution in [0.4, 0.5) is 0 Å². The molecular formula is C48H87NO5. The van der Waals surface area contributed by atoms with Crippen molar-refractivity contribution in [2.24, 2.45) is 0 Å². The molecule has 0 aromatic rings. The molecule has 6 nitrogen and oxygen atoms in total. The topological polar surface area (TPSA) is 92.7 Å². The summed E-state index contributed by atoms with van der Waals surface area (Å²) in [4.78, 5) is 35.1. The first-order valence-electron chi connectivity index (χ1n) is 23.1. The standard InChI is InChI=1S/C48H87NO5/c1-3-5-7-9-11-13-15-17-19-20-22-24-26-28-30-35-39-43-48(53)54-45(41-37-33-31-34-38-42-46(50)49-44-47(51)52)40-36-32-29-27-25-23-21-18-16-14-12-10-8-6-4-2/h5,7,11,13,17,19,45H,3-4,6,8-10,12,14-16,18,20-44H2,1-2H3,(H,49,50)(H,51,52)/b7-5-,13-11-,19-17-. The number of esters is 1. The van der Waals surface area contributed by atoms with Gasteiger partial charge < -0.3 is 15.2 Å². The molecule has 0 aromatic heterocycles. The Kier molecular flexibility index (Phi) is 41.5. The van der Waals surface area contributed by atoms with E-state index in [9.17, 15) is 14.4 Å². The number of rotatable bonds is 42. The van der Waals surface area contributed by atoms with E-state index in [4.69, 9.17) is 9.84 Å². The summed E-state index contributed by atoms with van der Waals surface area (Å²) in [5, 5.41) is 11.1. The van der Waals surface area contributed by atoms with Crippen LogP contribution in [0, 0.1) is 0 Å². The largest absolute Gasteiger partial charge is 0.480 e. The van der Waals surface area contributed by atoms with Crippen LogP contribution < -0.4 is 5.32 Å². The number of carboxylic acid groups (broad SMARTS) is 1. The van der Waals surface area contributed by atoms with Gasteiger partial charge in [0.25, 0.3) is 0 Å². The van der Waals surface area contributed by atoms with Gasteiger partial charge in [0.2, 0.25) is 5.91 Å². The zero-order valence-corrected chi connectivity index (χ0v) is 35.6. The molecule has 0 fully saturated rings. The van der Waals surface area contributed by atoms with Gasteiger partial charge in [0, 0.05) is 12.8 Å². The Balaban J connectivity index is 4.16. The summed E-state index contributed by atoms with van der Waals surface area (Å²) in [5.41, 5.74) is 0. The van der Waals surface area contributed by atoms with Gasteiger partial charge in [-0.1, -0.05) is 192 Å². The smallest absolute Gasteiger partial charge is 0.322 e. The molecule has 1 atom stereocenters. The summed E-state index contributed by atoms with van der Waals surface area (Å²) in [6, 6.07) is 0. The maximum absolute atomic E-state index is 12.8. The summed E-state index contributed by atoms with van der Waals surface area (Å²) in [6.07, 6.45) is 54.1. The number of hydrogen-bond acceptors (Lipinski definition) is 4. The molecule has 0 saturated heterocycles. The van der Waals surface area contributed by atoms with Crippen molar-refractivity contribution in [2.45, 2.75) is 245 Å². The van der Waals surface area contributed by atoms with Crippen LogP contribution in [0.3, 0.4) is 0 Å². The summed E-state index contributed by atoms with van der Waals surface area (Å²) in [7, 11) is 0. The second kappa shape index (κ2) is 43.4.